The monoisotopic (exact) mass is 355 g/mol. The smallest absolute Gasteiger partial charge is 0.250 e. The van der Waals surface area contributed by atoms with Gasteiger partial charge >= 0.3 is 0 Å². The van der Waals surface area contributed by atoms with Crippen molar-refractivity contribution in [3.05, 3.63) is 15.9 Å². The Kier molecular flexibility index (Phi) is 6.79. The van der Waals surface area contributed by atoms with Gasteiger partial charge in [-0.05, 0) is 40.4 Å². The zero-order chi connectivity index (χ0) is 13.6. The third-order valence-corrected chi connectivity index (χ3v) is 5.60. The minimum atomic E-state index is -3.36. The van der Waals surface area contributed by atoms with Gasteiger partial charge in [0.1, 0.15) is 4.21 Å². The molecule has 1 aromatic heterocycles. The molecular formula is C11H18BrNO3S2. The van der Waals surface area contributed by atoms with Crippen molar-refractivity contribution in [2.24, 2.45) is 5.92 Å². The van der Waals surface area contributed by atoms with Crippen LogP contribution in [0.1, 0.15) is 20.3 Å². The van der Waals surface area contributed by atoms with E-state index in [1.54, 1.807) is 12.1 Å². The molecule has 18 heavy (non-hydrogen) atoms. The highest BCUT2D eigenvalue weighted by atomic mass is 79.9. The normalized spacial score (nSPS) is 12.2. The number of ether oxygens (including phenoxy) is 1. The predicted octanol–water partition coefficient (Wildman–Crippen LogP) is 2.85. The third kappa shape index (κ3) is 5.79. The van der Waals surface area contributed by atoms with Gasteiger partial charge < -0.3 is 4.74 Å². The Balaban J connectivity index is 2.26. The molecule has 0 aliphatic heterocycles. The van der Waals surface area contributed by atoms with Crippen LogP contribution < -0.4 is 4.72 Å². The van der Waals surface area contributed by atoms with Gasteiger partial charge in [0.25, 0.3) is 0 Å². The third-order valence-electron chi connectivity index (χ3n) is 2.02. The first-order valence-electron chi connectivity index (χ1n) is 5.74. The molecule has 0 saturated heterocycles. The lowest BCUT2D eigenvalue weighted by atomic mass is 10.2. The minimum absolute atomic E-state index is 0.331. The average Bonchev–Trinajstić information content (AvgIpc) is 2.70. The minimum Gasteiger partial charge on any atom is -0.381 e. The molecule has 0 aromatic carbocycles. The Morgan fingerprint density at radius 3 is 2.72 bits per heavy atom. The zero-order valence-corrected chi connectivity index (χ0v) is 13.7. The van der Waals surface area contributed by atoms with Gasteiger partial charge in [0.2, 0.25) is 10.0 Å². The molecule has 4 nitrogen and oxygen atoms in total. The van der Waals surface area contributed by atoms with E-state index in [1.165, 1.54) is 11.3 Å². The lowest BCUT2D eigenvalue weighted by Gasteiger charge is -2.07. The van der Waals surface area contributed by atoms with Crippen molar-refractivity contribution in [2.45, 2.75) is 24.5 Å². The molecule has 0 radical (unpaired) electrons. The summed E-state index contributed by atoms with van der Waals surface area (Å²) in [6.45, 7) is 5.85. The summed E-state index contributed by atoms with van der Waals surface area (Å²) < 4.78 is 32.7. The number of thiophene rings is 1. The Morgan fingerprint density at radius 2 is 2.17 bits per heavy atom. The molecule has 0 aliphatic carbocycles. The maximum atomic E-state index is 11.8. The Labute approximate surface area is 121 Å². The van der Waals surface area contributed by atoms with Crippen LogP contribution in [0, 0.1) is 5.92 Å². The average molecular weight is 356 g/mol. The SMILES string of the molecule is CC(C)COCCCNS(=O)(=O)c1ccc(Br)s1. The van der Waals surface area contributed by atoms with Gasteiger partial charge in [-0.15, -0.1) is 11.3 Å². The van der Waals surface area contributed by atoms with Crippen LogP contribution in [-0.2, 0) is 14.8 Å². The highest BCUT2D eigenvalue weighted by Crippen LogP contribution is 2.25. The van der Waals surface area contributed by atoms with Crippen molar-refractivity contribution >= 4 is 37.3 Å². The molecule has 0 saturated carbocycles. The van der Waals surface area contributed by atoms with Crippen LogP contribution in [0.5, 0.6) is 0 Å². The summed E-state index contributed by atoms with van der Waals surface area (Å²) in [6, 6.07) is 3.32. The van der Waals surface area contributed by atoms with Crippen LogP contribution in [0.4, 0.5) is 0 Å². The van der Waals surface area contributed by atoms with Crippen LogP contribution >= 0.6 is 27.3 Å². The van der Waals surface area contributed by atoms with Crippen LogP contribution in [0.25, 0.3) is 0 Å². The van der Waals surface area contributed by atoms with Crippen molar-refractivity contribution in [2.75, 3.05) is 19.8 Å². The summed E-state index contributed by atoms with van der Waals surface area (Å²) in [4.78, 5) is 0. The van der Waals surface area contributed by atoms with Crippen molar-refractivity contribution in [1.29, 1.82) is 0 Å². The van der Waals surface area contributed by atoms with E-state index in [9.17, 15) is 8.42 Å². The second kappa shape index (κ2) is 7.59. The van der Waals surface area contributed by atoms with E-state index in [1.807, 2.05) is 0 Å². The summed E-state index contributed by atoms with van der Waals surface area (Å²) in [5, 5.41) is 0. The number of rotatable bonds is 8. The van der Waals surface area contributed by atoms with E-state index in [0.717, 1.165) is 3.79 Å². The largest absolute Gasteiger partial charge is 0.381 e. The van der Waals surface area contributed by atoms with Crippen molar-refractivity contribution in [1.82, 2.24) is 4.72 Å². The van der Waals surface area contributed by atoms with Gasteiger partial charge in [-0.3, -0.25) is 0 Å². The molecule has 0 spiro atoms. The maximum absolute atomic E-state index is 11.8. The lowest BCUT2D eigenvalue weighted by Crippen LogP contribution is -2.25. The fourth-order valence-corrected chi connectivity index (χ4v) is 4.34. The standard InChI is InChI=1S/C11H18BrNO3S2/c1-9(2)8-16-7-3-6-13-18(14,15)11-5-4-10(12)17-11/h4-5,9,13H,3,6-8H2,1-2H3. The van der Waals surface area contributed by atoms with Crippen LogP contribution in [0.2, 0.25) is 0 Å². The molecule has 7 heteroatoms. The number of hydrogen-bond acceptors (Lipinski definition) is 4. The Morgan fingerprint density at radius 1 is 1.44 bits per heavy atom. The second-order valence-corrected chi connectivity index (χ2v) is 8.74. The predicted molar refractivity (Wildman–Crippen MR) is 77.5 cm³/mol. The summed E-state index contributed by atoms with van der Waals surface area (Å²) >= 11 is 4.45. The highest BCUT2D eigenvalue weighted by Gasteiger charge is 2.15. The molecule has 0 unspecified atom stereocenters. The summed E-state index contributed by atoms with van der Waals surface area (Å²) in [5.74, 6) is 0.505. The quantitative estimate of drug-likeness (QED) is 0.729. The fraction of sp³-hybridized carbons (Fsp3) is 0.636. The molecule has 104 valence electrons. The van der Waals surface area contributed by atoms with Crippen LogP contribution in [0.3, 0.4) is 0 Å². The molecule has 0 bridgehead atoms. The molecule has 0 amide bonds. The van der Waals surface area contributed by atoms with Crippen LogP contribution in [0.15, 0.2) is 20.1 Å². The molecular weight excluding hydrogens is 338 g/mol. The van der Waals surface area contributed by atoms with Crippen molar-refractivity contribution < 1.29 is 13.2 Å². The topological polar surface area (TPSA) is 55.4 Å². The van der Waals surface area contributed by atoms with Crippen molar-refractivity contribution in [3.63, 3.8) is 0 Å². The van der Waals surface area contributed by atoms with E-state index < -0.39 is 10.0 Å². The molecule has 0 fully saturated rings. The van der Waals surface area contributed by atoms with Gasteiger partial charge in [-0.2, -0.15) is 0 Å². The first kappa shape index (κ1) is 16.1. The van der Waals surface area contributed by atoms with Gasteiger partial charge in [-0.1, -0.05) is 13.8 Å². The molecule has 1 N–H and O–H groups in total. The molecule has 0 aliphatic rings. The maximum Gasteiger partial charge on any atom is 0.250 e. The van der Waals surface area contributed by atoms with Crippen LogP contribution in [-0.4, -0.2) is 28.2 Å². The Hall–Kier alpha value is 0.0500. The van der Waals surface area contributed by atoms with E-state index in [0.29, 0.717) is 36.3 Å². The number of halogens is 1. The summed E-state index contributed by atoms with van der Waals surface area (Å²) in [5.41, 5.74) is 0. The van der Waals surface area contributed by atoms with Crippen molar-refractivity contribution in [3.8, 4) is 0 Å². The second-order valence-electron chi connectivity index (χ2n) is 4.28. The first-order valence-corrected chi connectivity index (χ1v) is 8.84. The first-order chi connectivity index (χ1) is 8.42. The fourth-order valence-electron chi connectivity index (χ4n) is 1.21. The lowest BCUT2D eigenvalue weighted by molar-refractivity contribution is 0.108. The van der Waals surface area contributed by atoms with E-state index in [2.05, 4.69) is 34.5 Å². The van der Waals surface area contributed by atoms with Gasteiger partial charge in [0.05, 0.1) is 3.79 Å². The van der Waals surface area contributed by atoms with E-state index in [4.69, 9.17) is 4.74 Å². The van der Waals surface area contributed by atoms with Gasteiger partial charge in [0, 0.05) is 19.8 Å². The molecule has 1 rings (SSSR count). The molecule has 1 aromatic rings. The highest BCUT2D eigenvalue weighted by molar-refractivity contribution is 9.11. The molecule has 0 atom stereocenters. The van der Waals surface area contributed by atoms with Gasteiger partial charge in [-0.25, -0.2) is 13.1 Å². The molecule has 1 heterocycles. The Bertz CT molecular complexity index is 457. The van der Waals surface area contributed by atoms with E-state index >= 15 is 0 Å². The summed E-state index contributed by atoms with van der Waals surface area (Å²) in [6.07, 6.45) is 0.679. The summed E-state index contributed by atoms with van der Waals surface area (Å²) in [7, 11) is -3.36. The number of sulfonamides is 1. The van der Waals surface area contributed by atoms with E-state index in [-0.39, 0.29) is 0 Å². The van der Waals surface area contributed by atoms with Gasteiger partial charge in [0.15, 0.2) is 0 Å². The number of hydrogen-bond donors (Lipinski definition) is 1. The number of nitrogens with one attached hydrogen (secondary N) is 1. The zero-order valence-electron chi connectivity index (χ0n) is 10.5.